The number of hydrogen-bond acceptors (Lipinski definition) is 4. The minimum Gasteiger partial charge on any atom is -0.490 e. The highest BCUT2D eigenvalue weighted by molar-refractivity contribution is 9.10. The molecule has 0 heterocycles. The summed E-state index contributed by atoms with van der Waals surface area (Å²) in [5, 5.41) is 10.8. The van der Waals surface area contributed by atoms with Gasteiger partial charge in [-0.3, -0.25) is 10.1 Å². The minimum atomic E-state index is -0.545. The van der Waals surface area contributed by atoms with E-state index in [0.29, 0.717) is 16.0 Å². The number of nitrogens with zero attached hydrogens (tertiary/aromatic N) is 1. The van der Waals surface area contributed by atoms with Gasteiger partial charge in [-0.05, 0) is 40.2 Å². The van der Waals surface area contributed by atoms with Crippen molar-refractivity contribution < 1.29 is 18.8 Å². The molecule has 7 heteroatoms. The van der Waals surface area contributed by atoms with Gasteiger partial charge in [0.2, 0.25) is 5.75 Å². The maximum absolute atomic E-state index is 13.0. The van der Waals surface area contributed by atoms with Crippen LogP contribution in [0.15, 0.2) is 40.9 Å². The molecule has 0 atom stereocenters. The maximum atomic E-state index is 13.0. The molecule has 0 saturated carbocycles. The van der Waals surface area contributed by atoms with Crippen LogP contribution in [0.5, 0.6) is 17.2 Å². The van der Waals surface area contributed by atoms with E-state index in [-0.39, 0.29) is 11.4 Å². The molecule has 0 aliphatic heterocycles. The Labute approximate surface area is 122 Å². The molecule has 0 bridgehead atoms. The summed E-state index contributed by atoms with van der Waals surface area (Å²) in [4.78, 5) is 10.2. The summed E-state index contributed by atoms with van der Waals surface area (Å²) >= 11 is 3.17. The third-order valence-corrected chi connectivity index (χ3v) is 3.09. The Hall–Kier alpha value is -2.15. The summed E-state index contributed by atoms with van der Waals surface area (Å²) in [6.07, 6.45) is 0. The van der Waals surface area contributed by atoms with Gasteiger partial charge in [0.05, 0.1) is 16.5 Å². The standard InChI is InChI=1S/C13H9BrFNO4/c1-19-13-7-9(3-4-11(13)16(17)18)20-12-5-2-8(15)6-10(12)14/h2-7H,1H3. The fraction of sp³-hybridized carbons (Fsp3) is 0.0769. The largest absolute Gasteiger partial charge is 0.490 e. The van der Waals surface area contributed by atoms with Crippen LogP contribution in [0.2, 0.25) is 0 Å². The fourth-order valence-corrected chi connectivity index (χ4v) is 1.99. The van der Waals surface area contributed by atoms with E-state index in [1.165, 1.54) is 43.5 Å². The second kappa shape index (κ2) is 5.87. The van der Waals surface area contributed by atoms with Crippen molar-refractivity contribution >= 4 is 21.6 Å². The molecule has 0 aliphatic carbocycles. The first-order chi connectivity index (χ1) is 9.51. The SMILES string of the molecule is COc1cc(Oc2ccc(F)cc2Br)ccc1[N+](=O)[O-]. The van der Waals surface area contributed by atoms with Crippen LogP contribution >= 0.6 is 15.9 Å². The number of rotatable bonds is 4. The minimum absolute atomic E-state index is 0.0886. The van der Waals surface area contributed by atoms with Crippen molar-refractivity contribution in [1.29, 1.82) is 0 Å². The number of methoxy groups -OCH3 is 1. The zero-order valence-corrected chi connectivity index (χ0v) is 11.9. The van der Waals surface area contributed by atoms with Crippen LogP contribution in [0.25, 0.3) is 0 Å². The Morgan fingerprint density at radius 3 is 2.55 bits per heavy atom. The lowest BCUT2D eigenvalue weighted by Crippen LogP contribution is -1.94. The number of hydrogen-bond donors (Lipinski definition) is 0. The smallest absolute Gasteiger partial charge is 0.311 e. The Morgan fingerprint density at radius 1 is 1.20 bits per heavy atom. The van der Waals surface area contributed by atoms with E-state index < -0.39 is 10.7 Å². The molecule has 0 N–H and O–H groups in total. The molecule has 5 nitrogen and oxygen atoms in total. The molecule has 0 saturated heterocycles. The molecule has 2 aromatic carbocycles. The van der Waals surface area contributed by atoms with Crippen molar-refractivity contribution in [3.05, 3.63) is 56.8 Å². The van der Waals surface area contributed by atoms with Crippen molar-refractivity contribution in [2.24, 2.45) is 0 Å². The van der Waals surface area contributed by atoms with Gasteiger partial charge in [0.1, 0.15) is 17.3 Å². The van der Waals surface area contributed by atoms with E-state index >= 15 is 0 Å². The quantitative estimate of drug-likeness (QED) is 0.614. The fourth-order valence-electron chi connectivity index (χ4n) is 1.56. The van der Waals surface area contributed by atoms with E-state index in [4.69, 9.17) is 9.47 Å². The van der Waals surface area contributed by atoms with Crippen LogP contribution < -0.4 is 9.47 Å². The second-order valence-corrected chi connectivity index (χ2v) is 4.62. The zero-order chi connectivity index (χ0) is 14.7. The molecule has 0 aromatic heterocycles. The lowest BCUT2D eigenvalue weighted by atomic mass is 10.2. The van der Waals surface area contributed by atoms with Gasteiger partial charge in [-0.1, -0.05) is 0 Å². The Morgan fingerprint density at radius 2 is 1.95 bits per heavy atom. The van der Waals surface area contributed by atoms with E-state index in [9.17, 15) is 14.5 Å². The molecule has 2 rings (SSSR count). The van der Waals surface area contributed by atoms with Gasteiger partial charge in [-0.2, -0.15) is 0 Å². The van der Waals surface area contributed by atoms with E-state index in [1.807, 2.05) is 0 Å². The average molecular weight is 342 g/mol. The van der Waals surface area contributed by atoms with Gasteiger partial charge in [0.25, 0.3) is 0 Å². The molecule has 2 aromatic rings. The lowest BCUT2D eigenvalue weighted by Gasteiger charge is -2.09. The normalized spacial score (nSPS) is 10.2. The summed E-state index contributed by atoms with van der Waals surface area (Å²) in [5.41, 5.74) is -0.155. The molecule has 0 spiro atoms. The zero-order valence-electron chi connectivity index (χ0n) is 10.3. The molecule has 0 fully saturated rings. The molecular weight excluding hydrogens is 333 g/mol. The number of ether oxygens (including phenoxy) is 2. The van der Waals surface area contributed by atoms with Gasteiger partial charge < -0.3 is 9.47 Å². The van der Waals surface area contributed by atoms with Crippen molar-refractivity contribution in [2.45, 2.75) is 0 Å². The summed E-state index contributed by atoms with van der Waals surface area (Å²) in [6.45, 7) is 0. The lowest BCUT2D eigenvalue weighted by molar-refractivity contribution is -0.385. The van der Waals surface area contributed by atoms with Gasteiger partial charge in [-0.25, -0.2) is 4.39 Å². The summed E-state index contributed by atoms with van der Waals surface area (Å²) in [6, 6.07) is 8.09. The number of halogens is 2. The molecule has 104 valence electrons. The van der Waals surface area contributed by atoms with Crippen LogP contribution in [-0.2, 0) is 0 Å². The van der Waals surface area contributed by atoms with Crippen molar-refractivity contribution in [3.63, 3.8) is 0 Å². The van der Waals surface area contributed by atoms with E-state index in [1.54, 1.807) is 0 Å². The van der Waals surface area contributed by atoms with Gasteiger partial charge >= 0.3 is 5.69 Å². The molecule has 0 amide bonds. The Balaban J connectivity index is 2.32. The first-order valence-electron chi connectivity index (χ1n) is 5.46. The Bertz CT molecular complexity index is 663. The van der Waals surface area contributed by atoms with Gasteiger partial charge in [-0.15, -0.1) is 0 Å². The highest BCUT2D eigenvalue weighted by atomic mass is 79.9. The molecule has 20 heavy (non-hydrogen) atoms. The van der Waals surface area contributed by atoms with Crippen molar-refractivity contribution in [1.82, 2.24) is 0 Å². The topological polar surface area (TPSA) is 61.6 Å². The van der Waals surface area contributed by atoms with Crippen LogP contribution in [0.3, 0.4) is 0 Å². The van der Waals surface area contributed by atoms with Gasteiger partial charge in [0, 0.05) is 12.1 Å². The average Bonchev–Trinajstić information content (AvgIpc) is 2.41. The number of benzene rings is 2. The highest BCUT2D eigenvalue weighted by Crippen LogP contribution is 2.35. The predicted octanol–water partition coefficient (Wildman–Crippen LogP) is 4.30. The highest BCUT2D eigenvalue weighted by Gasteiger charge is 2.16. The third-order valence-electron chi connectivity index (χ3n) is 2.47. The van der Waals surface area contributed by atoms with E-state index in [2.05, 4.69) is 15.9 Å². The third kappa shape index (κ3) is 3.05. The first-order valence-corrected chi connectivity index (χ1v) is 6.26. The number of nitro groups is 1. The monoisotopic (exact) mass is 341 g/mol. The van der Waals surface area contributed by atoms with E-state index in [0.717, 1.165) is 0 Å². The molecular formula is C13H9BrFNO4. The van der Waals surface area contributed by atoms with Gasteiger partial charge in [0.15, 0.2) is 0 Å². The van der Waals surface area contributed by atoms with Crippen LogP contribution in [0, 0.1) is 15.9 Å². The van der Waals surface area contributed by atoms with Crippen LogP contribution in [-0.4, -0.2) is 12.0 Å². The summed E-state index contributed by atoms with van der Waals surface area (Å²) in [5.74, 6) is 0.429. The molecule has 0 radical (unpaired) electrons. The van der Waals surface area contributed by atoms with Crippen LogP contribution in [0.1, 0.15) is 0 Å². The number of nitro benzene ring substituents is 1. The van der Waals surface area contributed by atoms with Crippen molar-refractivity contribution in [2.75, 3.05) is 7.11 Å². The summed E-state index contributed by atoms with van der Waals surface area (Å²) in [7, 11) is 1.33. The second-order valence-electron chi connectivity index (χ2n) is 3.77. The Kier molecular flexibility index (Phi) is 4.19. The van der Waals surface area contributed by atoms with Crippen molar-refractivity contribution in [3.8, 4) is 17.2 Å². The summed E-state index contributed by atoms with van der Waals surface area (Å²) < 4.78 is 23.9. The predicted molar refractivity (Wildman–Crippen MR) is 73.8 cm³/mol. The first kappa shape index (κ1) is 14.3. The van der Waals surface area contributed by atoms with Crippen LogP contribution in [0.4, 0.5) is 10.1 Å². The maximum Gasteiger partial charge on any atom is 0.311 e. The molecule has 0 unspecified atom stereocenters. The molecule has 0 aliphatic rings.